The van der Waals surface area contributed by atoms with Crippen molar-refractivity contribution < 1.29 is 0 Å². The van der Waals surface area contributed by atoms with Gasteiger partial charge >= 0.3 is 0 Å². The molecule has 2 aromatic rings. The van der Waals surface area contributed by atoms with Gasteiger partial charge in [0.05, 0.1) is 0 Å². The van der Waals surface area contributed by atoms with Gasteiger partial charge < -0.3 is 4.31 Å². The van der Waals surface area contributed by atoms with Crippen molar-refractivity contribution >= 4 is 23.7 Å². The average Bonchev–Trinajstić information content (AvgIpc) is 2.62. The molecule has 0 unspecified atom stereocenters. The maximum absolute atomic E-state index is 2.31. The summed E-state index contributed by atoms with van der Waals surface area (Å²) in [6, 6.07) is 19.0. The van der Waals surface area contributed by atoms with Gasteiger partial charge in [0.1, 0.15) is 0 Å². The number of rotatable bonds is 1. The van der Waals surface area contributed by atoms with Gasteiger partial charge in [0, 0.05) is 17.1 Å². The molecule has 1 heterocycles. The van der Waals surface area contributed by atoms with Crippen LogP contribution in [0.2, 0.25) is 0 Å². The average molecular weight is 239 g/mol. The maximum atomic E-state index is 2.31. The van der Waals surface area contributed by atoms with E-state index in [4.69, 9.17) is 0 Å². The van der Waals surface area contributed by atoms with E-state index >= 15 is 0 Å². The van der Waals surface area contributed by atoms with Crippen LogP contribution in [0.25, 0.3) is 6.08 Å². The zero-order valence-corrected chi connectivity index (χ0v) is 10.2. The van der Waals surface area contributed by atoms with Gasteiger partial charge in [0.2, 0.25) is 0 Å². The van der Waals surface area contributed by atoms with E-state index in [-0.39, 0.29) is 0 Å². The van der Waals surface area contributed by atoms with Crippen molar-refractivity contribution in [3.63, 3.8) is 0 Å². The molecule has 0 fully saturated rings. The quantitative estimate of drug-likeness (QED) is 0.685. The summed E-state index contributed by atoms with van der Waals surface area (Å²) in [7, 11) is 0. The van der Waals surface area contributed by atoms with E-state index in [2.05, 4.69) is 71.1 Å². The molecule has 0 spiro atoms. The molecule has 0 amide bonds. The van der Waals surface area contributed by atoms with Crippen LogP contribution in [-0.2, 0) is 0 Å². The molecule has 17 heavy (non-hydrogen) atoms. The summed E-state index contributed by atoms with van der Waals surface area (Å²) < 4.78 is 2.31. The molecule has 0 aliphatic carbocycles. The minimum atomic E-state index is 0.934. The third kappa shape index (κ3) is 2.22. The smallest absolute Gasteiger partial charge is 0.0483 e. The third-order valence-electron chi connectivity index (χ3n) is 2.74. The number of nitrogens with zero attached hydrogens (tertiary/aromatic N) is 1. The van der Waals surface area contributed by atoms with Crippen LogP contribution in [-0.4, -0.2) is 6.54 Å². The van der Waals surface area contributed by atoms with Gasteiger partial charge in [-0.3, -0.25) is 0 Å². The highest BCUT2D eigenvalue weighted by Gasteiger charge is 2.11. The summed E-state index contributed by atoms with van der Waals surface area (Å²) in [4.78, 5) is 1.31. The first-order valence-electron chi connectivity index (χ1n) is 5.69. The number of para-hydroxylation sites is 1. The van der Waals surface area contributed by atoms with E-state index in [0.717, 1.165) is 6.54 Å². The van der Waals surface area contributed by atoms with Crippen molar-refractivity contribution in [2.24, 2.45) is 0 Å². The fraction of sp³-hybridized carbons (Fsp3) is 0.0667. The monoisotopic (exact) mass is 239 g/mol. The first-order valence-corrected chi connectivity index (χ1v) is 6.47. The van der Waals surface area contributed by atoms with E-state index in [0.29, 0.717) is 0 Å². The Bertz CT molecular complexity index is 534. The molecule has 0 saturated carbocycles. The van der Waals surface area contributed by atoms with E-state index in [9.17, 15) is 0 Å². The van der Waals surface area contributed by atoms with Crippen LogP contribution >= 0.6 is 11.9 Å². The summed E-state index contributed by atoms with van der Waals surface area (Å²) in [6.45, 7) is 0.934. The molecule has 3 rings (SSSR count). The minimum Gasteiger partial charge on any atom is -0.308 e. The molecule has 1 aliphatic rings. The Morgan fingerprint density at radius 2 is 1.65 bits per heavy atom. The first-order chi connectivity index (χ1) is 8.43. The lowest BCUT2D eigenvalue weighted by atomic mass is 10.2. The fourth-order valence-corrected chi connectivity index (χ4v) is 2.89. The number of fused-ring (bicyclic) bond motifs is 1. The molecule has 1 nitrogen and oxygen atoms in total. The summed E-state index contributed by atoms with van der Waals surface area (Å²) >= 11 is 1.80. The molecular formula is C15H13NS. The number of benzene rings is 2. The lowest BCUT2D eigenvalue weighted by Crippen LogP contribution is -2.12. The zero-order valence-electron chi connectivity index (χ0n) is 9.41. The van der Waals surface area contributed by atoms with Crippen molar-refractivity contribution in [3.8, 4) is 0 Å². The molecule has 2 aromatic carbocycles. The second-order valence-corrected chi connectivity index (χ2v) is 4.99. The third-order valence-corrected chi connectivity index (χ3v) is 3.89. The lowest BCUT2D eigenvalue weighted by molar-refractivity contribution is 1.22. The molecule has 0 radical (unpaired) electrons. The Labute approximate surface area is 106 Å². The zero-order chi connectivity index (χ0) is 11.5. The molecule has 0 bridgehead atoms. The summed E-state index contributed by atoms with van der Waals surface area (Å²) in [6.07, 6.45) is 4.41. The predicted octanol–water partition coefficient (Wildman–Crippen LogP) is 4.23. The Balaban J connectivity index is 1.95. The van der Waals surface area contributed by atoms with Crippen molar-refractivity contribution in [3.05, 3.63) is 66.2 Å². The minimum absolute atomic E-state index is 0.934. The number of anilines is 1. The van der Waals surface area contributed by atoms with Gasteiger partial charge in [-0.1, -0.05) is 48.6 Å². The second-order valence-electron chi connectivity index (χ2n) is 3.93. The van der Waals surface area contributed by atoms with E-state index in [1.165, 1.54) is 16.1 Å². The van der Waals surface area contributed by atoms with Crippen molar-refractivity contribution in [2.45, 2.75) is 4.90 Å². The van der Waals surface area contributed by atoms with Crippen LogP contribution in [0.4, 0.5) is 5.69 Å². The molecule has 1 aliphatic heterocycles. The standard InChI is InChI=1S/C15H13NS/c1-2-9-14(10-3-1)16-12-6-8-13-7-4-5-11-15(13)17-16/h1-11H,12H2. The van der Waals surface area contributed by atoms with Crippen LogP contribution in [0, 0.1) is 0 Å². The van der Waals surface area contributed by atoms with Crippen molar-refractivity contribution in [1.82, 2.24) is 0 Å². The summed E-state index contributed by atoms with van der Waals surface area (Å²) in [5.74, 6) is 0. The van der Waals surface area contributed by atoms with Crippen LogP contribution in [0.1, 0.15) is 5.56 Å². The molecule has 0 aromatic heterocycles. The number of hydrogen-bond donors (Lipinski definition) is 0. The Morgan fingerprint density at radius 3 is 2.53 bits per heavy atom. The van der Waals surface area contributed by atoms with Crippen molar-refractivity contribution in [2.75, 3.05) is 10.8 Å². The largest absolute Gasteiger partial charge is 0.308 e. The van der Waals surface area contributed by atoms with E-state index in [1.54, 1.807) is 11.9 Å². The SMILES string of the molecule is C1=Cc2ccccc2SN(c2ccccc2)C1. The van der Waals surface area contributed by atoms with Crippen molar-refractivity contribution in [1.29, 1.82) is 0 Å². The summed E-state index contributed by atoms with van der Waals surface area (Å²) in [5, 5.41) is 0. The highest BCUT2D eigenvalue weighted by molar-refractivity contribution is 8.00. The maximum Gasteiger partial charge on any atom is 0.0483 e. The Kier molecular flexibility index (Phi) is 2.88. The van der Waals surface area contributed by atoms with Gasteiger partial charge in [-0.05, 0) is 35.7 Å². The molecule has 2 heteroatoms. The van der Waals surface area contributed by atoms with E-state index in [1.807, 2.05) is 0 Å². The Morgan fingerprint density at radius 1 is 0.882 bits per heavy atom. The molecular weight excluding hydrogens is 226 g/mol. The van der Waals surface area contributed by atoms with Gasteiger partial charge in [0.25, 0.3) is 0 Å². The fourth-order valence-electron chi connectivity index (χ4n) is 1.89. The van der Waals surface area contributed by atoms with E-state index < -0.39 is 0 Å². The van der Waals surface area contributed by atoms with Crippen LogP contribution in [0.5, 0.6) is 0 Å². The molecule has 84 valence electrons. The van der Waals surface area contributed by atoms with Crippen LogP contribution < -0.4 is 4.31 Å². The highest BCUT2D eigenvalue weighted by Crippen LogP contribution is 2.33. The first kappa shape index (κ1) is 10.5. The topological polar surface area (TPSA) is 3.24 Å². The van der Waals surface area contributed by atoms with Gasteiger partial charge in [-0.15, -0.1) is 0 Å². The van der Waals surface area contributed by atoms with Crippen LogP contribution in [0.3, 0.4) is 0 Å². The van der Waals surface area contributed by atoms with Crippen LogP contribution in [0.15, 0.2) is 65.6 Å². The van der Waals surface area contributed by atoms with Gasteiger partial charge in [0.15, 0.2) is 0 Å². The normalized spacial score (nSPS) is 14.2. The second kappa shape index (κ2) is 4.68. The van der Waals surface area contributed by atoms with Gasteiger partial charge in [-0.25, -0.2) is 0 Å². The number of hydrogen-bond acceptors (Lipinski definition) is 2. The summed E-state index contributed by atoms with van der Waals surface area (Å²) in [5.41, 5.74) is 2.55. The molecule has 0 atom stereocenters. The predicted molar refractivity (Wildman–Crippen MR) is 75.1 cm³/mol. The van der Waals surface area contributed by atoms with Gasteiger partial charge in [-0.2, -0.15) is 0 Å². The Hall–Kier alpha value is -1.67. The highest BCUT2D eigenvalue weighted by atomic mass is 32.2. The molecule has 0 saturated heterocycles. The molecule has 0 N–H and O–H groups in total. The lowest BCUT2D eigenvalue weighted by Gasteiger charge is -2.20.